The van der Waals surface area contributed by atoms with E-state index in [1.54, 1.807) is 0 Å². The molecular weight excluding hydrogens is 189 g/mol. The highest BCUT2D eigenvalue weighted by Gasteiger charge is 2.21. The summed E-state index contributed by atoms with van der Waals surface area (Å²) < 4.78 is 3.70. The molecule has 0 aliphatic rings. The molecular formula is C7H20NPSSi. The predicted molar refractivity (Wildman–Crippen MR) is 61.8 cm³/mol. The largest absolute Gasteiger partial charge is 0.309 e. The highest BCUT2D eigenvalue weighted by Crippen LogP contribution is 2.41. The van der Waals surface area contributed by atoms with Crippen LogP contribution in [0.2, 0.25) is 19.6 Å². The summed E-state index contributed by atoms with van der Waals surface area (Å²) in [5.41, 5.74) is 0. The zero-order valence-corrected chi connectivity index (χ0v) is 11.0. The molecule has 0 aromatic carbocycles. The molecule has 68 valence electrons. The Kier molecular flexibility index (Phi) is 4.49. The van der Waals surface area contributed by atoms with Gasteiger partial charge in [0.2, 0.25) is 0 Å². The van der Waals surface area contributed by atoms with E-state index in [-0.39, 0.29) is 0 Å². The Balaban J connectivity index is 4.21. The van der Waals surface area contributed by atoms with E-state index in [0.717, 1.165) is 12.3 Å². The molecule has 0 saturated carbocycles. The van der Waals surface area contributed by atoms with E-state index in [2.05, 4.69) is 38.2 Å². The first-order valence-corrected chi connectivity index (χ1v) is 10.9. The van der Waals surface area contributed by atoms with Crippen molar-refractivity contribution in [3.05, 3.63) is 0 Å². The van der Waals surface area contributed by atoms with Gasteiger partial charge in [0.25, 0.3) is 0 Å². The quantitative estimate of drug-likeness (QED) is 0.564. The minimum atomic E-state index is -1.16. The van der Waals surface area contributed by atoms with Gasteiger partial charge in [-0.3, -0.25) is 0 Å². The van der Waals surface area contributed by atoms with Gasteiger partial charge in [0.1, 0.15) is 8.24 Å². The molecule has 0 atom stereocenters. The molecule has 0 bridgehead atoms. The van der Waals surface area contributed by atoms with Gasteiger partial charge >= 0.3 is 0 Å². The molecule has 0 heterocycles. The molecule has 0 saturated heterocycles. The summed E-state index contributed by atoms with van der Waals surface area (Å²) in [6.45, 7) is 11.4. The van der Waals surface area contributed by atoms with E-state index in [1.165, 1.54) is 0 Å². The highest BCUT2D eigenvalue weighted by molar-refractivity contribution is 8.14. The van der Waals surface area contributed by atoms with Crippen molar-refractivity contribution in [2.24, 2.45) is 0 Å². The van der Waals surface area contributed by atoms with E-state index < -0.39 is 14.4 Å². The zero-order chi connectivity index (χ0) is 9.12. The van der Waals surface area contributed by atoms with Crippen LogP contribution in [-0.2, 0) is 11.8 Å². The van der Waals surface area contributed by atoms with Crippen molar-refractivity contribution in [2.45, 2.75) is 33.5 Å². The molecule has 0 aromatic rings. The smallest absolute Gasteiger partial charge is 0.120 e. The summed E-state index contributed by atoms with van der Waals surface area (Å²) in [7, 11) is -1.14. The normalized spacial score (nSPS) is 13.5. The Hall–Kier alpha value is 0.827. The topological polar surface area (TPSA) is 12.0 Å². The lowest BCUT2D eigenvalue weighted by Crippen LogP contribution is -2.39. The zero-order valence-electron chi connectivity index (χ0n) is 8.27. The lowest BCUT2D eigenvalue weighted by molar-refractivity contribution is 1.30. The van der Waals surface area contributed by atoms with Gasteiger partial charge in [0.15, 0.2) is 0 Å². The fourth-order valence-electron chi connectivity index (χ4n) is 0.993. The monoisotopic (exact) mass is 209 g/mol. The molecule has 11 heavy (non-hydrogen) atoms. The third kappa shape index (κ3) is 5.13. The van der Waals surface area contributed by atoms with Crippen molar-refractivity contribution >= 4 is 26.2 Å². The van der Waals surface area contributed by atoms with Gasteiger partial charge in [-0.1, -0.05) is 45.3 Å². The third-order valence-corrected chi connectivity index (χ3v) is 10.3. The Labute approximate surface area is 77.1 Å². The van der Waals surface area contributed by atoms with Crippen molar-refractivity contribution in [1.29, 1.82) is 0 Å². The highest BCUT2D eigenvalue weighted by atomic mass is 32.4. The van der Waals surface area contributed by atoms with Gasteiger partial charge < -0.3 is 4.75 Å². The maximum Gasteiger partial charge on any atom is 0.120 e. The standard InChI is InChI=1S/C7H20NPSSi/c1-6-9(10,7-2)8-11(3,4)5/h6-7H2,1-5H3,(H,8,10). The van der Waals surface area contributed by atoms with Crippen molar-refractivity contribution in [2.75, 3.05) is 12.3 Å². The average Bonchev–Trinajstić information content (AvgIpc) is 1.84. The molecule has 0 unspecified atom stereocenters. The van der Waals surface area contributed by atoms with Gasteiger partial charge in [-0.15, -0.1) is 0 Å². The molecule has 0 radical (unpaired) electrons. The molecule has 0 amide bonds. The first-order valence-electron chi connectivity index (χ1n) is 4.20. The summed E-state index contributed by atoms with van der Waals surface area (Å²) in [5.74, 6) is 0. The molecule has 4 heteroatoms. The second-order valence-electron chi connectivity index (χ2n) is 3.88. The van der Waals surface area contributed by atoms with E-state index in [0.29, 0.717) is 0 Å². The molecule has 0 aliphatic carbocycles. The van der Waals surface area contributed by atoms with Gasteiger partial charge in [-0.2, -0.15) is 0 Å². The van der Waals surface area contributed by atoms with Crippen LogP contribution in [0.15, 0.2) is 0 Å². The van der Waals surface area contributed by atoms with Crippen molar-refractivity contribution < 1.29 is 0 Å². The summed E-state index contributed by atoms with van der Waals surface area (Å²) in [6, 6.07) is 0. The molecule has 0 fully saturated rings. The number of hydrogen-bond acceptors (Lipinski definition) is 1. The predicted octanol–water partition coefficient (Wildman–Crippen LogP) is 2.85. The van der Waals surface area contributed by atoms with E-state index in [4.69, 9.17) is 11.8 Å². The Morgan fingerprint density at radius 2 is 1.55 bits per heavy atom. The summed E-state index contributed by atoms with van der Waals surface area (Å²) >= 11 is 5.59. The second-order valence-corrected chi connectivity index (χ2v) is 14.4. The van der Waals surface area contributed by atoms with Crippen LogP contribution < -0.4 is 4.75 Å². The van der Waals surface area contributed by atoms with Crippen LogP contribution in [0.3, 0.4) is 0 Å². The molecule has 0 spiro atoms. The van der Waals surface area contributed by atoms with E-state index >= 15 is 0 Å². The van der Waals surface area contributed by atoms with Crippen LogP contribution in [0, 0.1) is 0 Å². The summed E-state index contributed by atoms with van der Waals surface area (Å²) in [5, 5.41) is 0. The maximum absolute atomic E-state index is 5.59. The Bertz CT molecular complexity index is 156. The van der Waals surface area contributed by atoms with Crippen LogP contribution in [-0.4, -0.2) is 20.6 Å². The van der Waals surface area contributed by atoms with E-state index in [9.17, 15) is 0 Å². The van der Waals surface area contributed by atoms with Crippen LogP contribution in [0.25, 0.3) is 0 Å². The fourth-order valence-corrected chi connectivity index (χ4v) is 10.1. The maximum atomic E-state index is 5.59. The van der Waals surface area contributed by atoms with E-state index in [1.807, 2.05) is 0 Å². The van der Waals surface area contributed by atoms with Gasteiger partial charge in [0.05, 0.1) is 0 Å². The molecule has 0 aromatic heterocycles. The van der Waals surface area contributed by atoms with Gasteiger partial charge in [0, 0.05) is 6.19 Å². The number of nitrogens with one attached hydrogen (secondary N) is 1. The lowest BCUT2D eigenvalue weighted by atomic mass is 11.0. The van der Waals surface area contributed by atoms with Gasteiger partial charge in [-0.25, -0.2) is 0 Å². The number of hydrogen-bond donors (Lipinski definition) is 1. The van der Waals surface area contributed by atoms with Crippen molar-refractivity contribution in [3.8, 4) is 0 Å². The lowest BCUT2D eigenvalue weighted by Gasteiger charge is -2.28. The fraction of sp³-hybridized carbons (Fsp3) is 1.00. The van der Waals surface area contributed by atoms with Crippen LogP contribution in [0.5, 0.6) is 0 Å². The minimum absolute atomic E-state index is 1.14. The first-order chi connectivity index (χ1) is 4.83. The average molecular weight is 209 g/mol. The molecule has 1 N–H and O–H groups in total. The van der Waals surface area contributed by atoms with Gasteiger partial charge in [-0.05, 0) is 12.3 Å². The Morgan fingerprint density at radius 1 is 1.18 bits per heavy atom. The van der Waals surface area contributed by atoms with Crippen molar-refractivity contribution in [3.63, 3.8) is 0 Å². The number of rotatable bonds is 4. The van der Waals surface area contributed by atoms with Crippen LogP contribution in [0.1, 0.15) is 13.8 Å². The SMILES string of the molecule is CCP(=S)(CC)N[Si](C)(C)C. The molecule has 1 nitrogen and oxygen atoms in total. The minimum Gasteiger partial charge on any atom is -0.309 e. The Morgan fingerprint density at radius 3 is 1.64 bits per heavy atom. The van der Waals surface area contributed by atoms with Crippen LogP contribution in [0.4, 0.5) is 0 Å². The first kappa shape index (κ1) is 11.8. The van der Waals surface area contributed by atoms with Crippen molar-refractivity contribution in [1.82, 2.24) is 4.75 Å². The second kappa shape index (κ2) is 4.17. The summed E-state index contributed by atoms with van der Waals surface area (Å²) in [6.07, 6.45) is 1.15. The van der Waals surface area contributed by atoms with Crippen LogP contribution >= 0.6 is 6.19 Å². The third-order valence-electron chi connectivity index (χ3n) is 1.56. The molecule has 0 rings (SSSR count). The summed E-state index contributed by atoms with van der Waals surface area (Å²) in [4.78, 5) is 0. The molecule has 0 aliphatic heterocycles.